The van der Waals surface area contributed by atoms with Gasteiger partial charge in [-0.15, -0.1) is 0 Å². The molecule has 1 aromatic carbocycles. The molecule has 0 radical (unpaired) electrons. The molecule has 1 saturated carbocycles. The second kappa shape index (κ2) is 6.26. The van der Waals surface area contributed by atoms with Gasteiger partial charge in [0.05, 0.1) is 17.4 Å². The Kier molecular flexibility index (Phi) is 4.20. The zero-order chi connectivity index (χ0) is 14.7. The number of para-hydroxylation sites is 2. The number of hydrogen-bond acceptors (Lipinski definition) is 3. The Bertz CT molecular complexity index is 618. The van der Waals surface area contributed by atoms with E-state index in [0.29, 0.717) is 18.9 Å². The highest BCUT2D eigenvalue weighted by atomic mass is 16.1. The minimum absolute atomic E-state index is 0.0441. The highest BCUT2D eigenvalue weighted by molar-refractivity contribution is 5.76. The highest BCUT2D eigenvalue weighted by Gasteiger charge is 2.29. The number of carbonyl (C=O) groups excluding carboxylic acids is 1. The highest BCUT2D eigenvalue weighted by Crippen LogP contribution is 2.32. The number of rotatable bonds is 7. The Morgan fingerprint density at radius 1 is 1.43 bits per heavy atom. The maximum Gasteiger partial charge on any atom is 0.221 e. The maximum absolute atomic E-state index is 11.7. The van der Waals surface area contributed by atoms with Crippen molar-refractivity contribution in [3.63, 3.8) is 0 Å². The van der Waals surface area contributed by atoms with Gasteiger partial charge >= 0.3 is 0 Å². The fraction of sp³-hybridized carbons (Fsp3) is 0.500. The molecule has 112 valence electrons. The van der Waals surface area contributed by atoms with Gasteiger partial charge < -0.3 is 15.6 Å². The van der Waals surface area contributed by atoms with Gasteiger partial charge in [-0.2, -0.15) is 0 Å². The molecule has 1 amide bonds. The number of carbonyl (C=O) groups is 1. The predicted octanol–water partition coefficient (Wildman–Crippen LogP) is 1.67. The van der Waals surface area contributed by atoms with Crippen LogP contribution in [0.3, 0.4) is 0 Å². The summed E-state index contributed by atoms with van der Waals surface area (Å²) in [6.45, 7) is 1.54. The summed E-state index contributed by atoms with van der Waals surface area (Å²) >= 11 is 0. The van der Waals surface area contributed by atoms with E-state index >= 15 is 0 Å². The number of nitrogens with two attached hydrogens (primary N) is 1. The molecule has 1 aliphatic carbocycles. The lowest BCUT2D eigenvalue weighted by molar-refractivity contribution is -0.121. The van der Waals surface area contributed by atoms with E-state index in [2.05, 4.69) is 20.9 Å². The summed E-state index contributed by atoms with van der Waals surface area (Å²) in [6.07, 6.45) is 5.57. The van der Waals surface area contributed by atoms with Gasteiger partial charge in [0.2, 0.25) is 5.91 Å². The smallest absolute Gasteiger partial charge is 0.221 e. The first-order valence-electron chi connectivity index (χ1n) is 7.66. The summed E-state index contributed by atoms with van der Waals surface area (Å²) in [5, 5.41) is 2.95. The molecule has 1 atom stereocenters. The first kappa shape index (κ1) is 14.1. The summed E-state index contributed by atoms with van der Waals surface area (Å²) in [5.74, 6) is 0.651. The van der Waals surface area contributed by atoms with Crippen molar-refractivity contribution in [3.05, 3.63) is 30.6 Å². The zero-order valence-electron chi connectivity index (χ0n) is 12.2. The number of benzene rings is 1. The molecule has 1 aromatic heterocycles. The van der Waals surface area contributed by atoms with Crippen molar-refractivity contribution in [3.8, 4) is 0 Å². The molecular formula is C16H22N4O. The fourth-order valence-corrected chi connectivity index (χ4v) is 2.64. The average Bonchev–Trinajstić information content (AvgIpc) is 3.26. The number of amides is 1. The molecular weight excluding hydrogens is 264 g/mol. The second-order valence-electron chi connectivity index (χ2n) is 5.84. The van der Waals surface area contributed by atoms with E-state index in [1.54, 1.807) is 0 Å². The van der Waals surface area contributed by atoms with Gasteiger partial charge in [-0.1, -0.05) is 12.1 Å². The third kappa shape index (κ3) is 3.61. The van der Waals surface area contributed by atoms with Crippen molar-refractivity contribution in [2.45, 2.75) is 38.3 Å². The van der Waals surface area contributed by atoms with Gasteiger partial charge in [0.25, 0.3) is 0 Å². The second-order valence-corrected chi connectivity index (χ2v) is 5.84. The van der Waals surface area contributed by atoms with Crippen molar-refractivity contribution in [2.75, 3.05) is 6.54 Å². The molecule has 1 unspecified atom stereocenters. The van der Waals surface area contributed by atoms with Crippen molar-refractivity contribution >= 4 is 16.9 Å². The molecule has 0 aliphatic heterocycles. The fourth-order valence-electron chi connectivity index (χ4n) is 2.64. The number of aromatic nitrogens is 2. The molecule has 1 heterocycles. The van der Waals surface area contributed by atoms with E-state index in [4.69, 9.17) is 5.73 Å². The van der Waals surface area contributed by atoms with E-state index in [-0.39, 0.29) is 11.9 Å². The van der Waals surface area contributed by atoms with Gasteiger partial charge in [-0.05, 0) is 37.3 Å². The van der Waals surface area contributed by atoms with Gasteiger partial charge in [0.15, 0.2) is 0 Å². The van der Waals surface area contributed by atoms with Crippen LogP contribution in [-0.2, 0) is 11.3 Å². The predicted molar refractivity (Wildman–Crippen MR) is 82.7 cm³/mol. The number of nitrogens with one attached hydrogen (secondary N) is 1. The Morgan fingerprint density at radius 3 is 3.05 bits per heavy atom. The topological polar surface area (TPSA) is 72.9 Å². The Balaban J connectivity index is 1.40. The third-order valence-corrected chi connectivity index (χ3v) is 4.07. The zero-order valence-corrected chi connectivity index (χ0v) is 12.2. The number of fused-ring (bicyclic) bond motifs is 1. The standard InChI is InChI=1S/C16H22N4O/c17-13(12-6-7-12)10-16(21)18-8-3-9-20-11-19-14-4-1-2-5-15(14)20/h1-2,4-5,11-13H,3,6-10,17H2,(H,18,21). The van der Waals surface area contributed by atoms with Crippen LogP contribution in [0.15, 0.2) is 30.6 Å². The van der Waals surface area contributed by atoms with Crippen LogP contribution in [0, 0.1) is 5.92 Å². The van der Waals surface area contributed by atoms with Crippen LogP contribution in [-0.4, -0.2) is 28.0 Å². The molecule has 5 nitrogen and oxygen atoms in total. The summed E-state index contributed by atoms with van der Waals surface area (Å²) in [5.41, 5.74) is 8.10. The van der Waals surface area contributed by atoms with Crippen molar-refractivity contribution in [2.24, 2.45) is 11.7 Å². The number of hydrogen-bond donors (Lipinski definition) is 2. The van der Waals surface area contributed by atoms with E-state index in [0.717, 1.165) is 24.0 Å². The Morgan fingerprint density at radius 2 is 2.24 bits per heavy atom. The van der Waals surface area contributed by atoms with Gasteiger partial charge in [-0.3, -0.25) is 4.79 Å². The first-order chi connectivity index (χ1) is 10.2. The van der Waals surface area contributed by atoms with E-state index in [9.17, 15) is 4.79 Å². The summed E-state index contributed by atoms with van der Waals surface area (Å²) < 4.78 is 2.12. The van der Waals surface area contributed by atoms with Crippen LogP contribution in [0.1, 0.15) is 25.7 Å². The Labute approximate surface area is 124 Å². The number of imidazole rings is 1. The quantitative estimate of drug-likeness (QED) is 0.760. The minimum Gasteiger partial charge on any atom is -0.356 e. The van der Waals surface area contributed by atoms with Crippen LogP contribution >= 0.6 is 0 Å². The lowest BCUT2D eigenvalue weighted by Gasteiger charge is -2.10. The van der Waals surface area contributed by atoms with E-state index in [1.807, 2.05) is 24.5 Å². The van der Waals surface area contributed by atoms with Gasteiger partial charge in [0.1, 0.15) is 0 Å². The molecule has 21 heavy (non-hydrogen) atoms. The summed E-state index contributed by atoms with van der Waals surface area (Å²) in [7, 11) is 0. The van der Waals surface area contributed by atoms with Crippen molar-refractivity contribution in [1.29, 1.82) is 0 Å². The maximum atomic E-state index is 11.7. The summed E-state index contributed by atoms with van der Waals surface area (Å²) in [4.78, 5) is 16.1. The number of aryl methyl sites for hydroxylation is 1. The van der Waals surface area contributed by atoms with E-state index in [1.165, 1.54) is 12.8 Å². The van der Waals surface area contributed by atoms with Crippen LogP contribution < -0.4 is 11.1 Å². The average molecular weight is 286 g/mol. The molecule has 0 spiro atoms. The van der Waals surface area contributed by atoms with Gasteiger partial charge in [-0.25, -0.2) is 4.98 Å². The molecule has 0 saturated heterocycles. The van der Waals surface area contributed by atoms with Crippen LogP contribution in [0.4, 0.5) is 0 Å². The molecule has 0 bridgehead atoms. The first-order valence-corrected chi connectivity index (χ1v) is 7.66. The molecule has 5 heteroatoms. The van der Waals surface area contributed by atoms with Crippen LogP contribution in [0.2, 0.25) is 0 Å². The molecule has 1 fully saturated rings. The minimum atomic E-state index is 0.0441. The molecule has 2 aromatic rings. The van der Waals surface area contributed by atoms with Crippen LogP contribution in [0.25, 0.3) is 11.0 Å². The van der Waals surface area contributed by atoms with Crippen molar-refractivity contribution in [1.82, 2.24) is 14.9 Å². The largest absolute Gasteiger partial charge is 0.356 e. The van der Waals surface area contributed by atoms with Gasteiger partial charge in [0, 0.05) is 25.6 Å². The molecule has 3 N–H and O–H groups in total. The Hall–Kier alpha value is -1.88. The van der Waals surface area contributed by atoms with Crippen molar-refractivity contribution < 1.29 is 4.79 Å². The third-order valence-electron chi connectivity index (χ3n) is 4.07. The number of nitrogens with zero attached hydrogens (tertiary/aromatic N) is 2. The van der Waals surface area contributed by atoms with E-state index < -0.39 is 0 Å². The normalized spacial score (nSPS) is 16.0. The molecule has 3 rings (SSSR count). The monoisotopic (exact) mass is 286 g/mol. The lowest BCUT2D eigenvalue weighted by atomic mass is 10.1. The molecule has 1 aliphatic rings. The van der Waals surface area contributed by atoms with Crippen LogP contribution in [0.5, 0.6) is 0 Å². The summed E-state index contributed by atoms with van der Waals surface area (Å²) in [6, 6.07) is 8.12. The SMILES string of the molecule is NC(CC(=O)NCCCn1cnc2ccccc21)C1CC1. The lowest BCUT2D eigenvalue weighted by Crippen LogP contribution is -2.33.